The summed E-state index contributed by atoms with van der Waals surface area (Å²) in [7, 11) is 0. The van der Waals surface area contributed by atoms with Crippen molar-refractivity contribution in [2.75, 3.05) is 6.61 Å². The van der Waals surface area contributed by atoms with Gasteiger partial charge in [-0.1, -0.05) is 45.8 Å². The SMILES string of the molecule is CCOc1cc(/C=C2/SC(=NC(C)C)N(C(C)C)C2=O)c(Br)cc1OCc1ccc(C)cc1. The van der Waals surface area contributed by atoms with E-state index in [0.717, 1.165) is 20.8 Å². The van der Waals surface area contributed by atoms with Gasteiger partial charge in [0, 0.05) is 16.6 Å². The normalized spacial score (nSPS) is 16.5. The number of nitrogens with zero attached hydrogens (tertiary/aromatic N) is 2. The van der Waals surface area contributed by atoms with E-state index in [2.05, 4.69) is 52.1 Å². The van der Waals surface area contributed by atoms with Gasteiger partial charge in [0.05, 0.1) is 11.5 Å². The van der Waals surface area contributed by atoms with E-state index in [0.29, 0.717) is 29.6 Å². The average molecular weight is 532 g/mol. The van der Waals surface area contributed by atoms with E-state index in [1.165, 1.54) is 17.3 Å². The molecule has 2 aromatic carbocycles. The van der Waals surface area contributed by atoms with E-state index >= 15 is 0 Å². The number of halogens is 1. The molecule has 1 heterocycles. The number of hydrogen-bond donors (Lipinski definition) is 0. The van der Waals surface area contributed by atoms with Crippen LogP contribution in [-0.2, 0) is 11.4 Å². The standard InChI is InChI=1S/C26H31BrN2O3S/c1-7-31-22-12-20(13-24-25(30)29(17(4)5)26(33-24)28-16(2)3)21(27)14-23(22)32-15-19-10-8-18(6)9-11-19/h8-14,16-17H,7,15H2,1-6H3/b24-13+,28-26?. The first-order chi connectivity index (χ1) is 15.7. The maximum atomic E-state index is 13.1. The van der Waals surface area contributed by atoms with Crippen LogP contribution in [0.5, 0.6) is 11.5 Å². The third-order valence-corrected chi connectivity index (χ3v) is 6.57. The summed E-state index contributed by atoms with van der Waals surface area (Å²) >= 11 is 5.06. The highest BCUT2D eigenvalue weighted by atomic mass is 79.9. The monoisotopic (exact) mass is 530 g/mol. The fourth-order valence-electron chi connectivity index (χ4n) is 3.28. The predicted octanol–water partition coefficient (Wildman–Crippen LogP) is 6.82. The number of thioether (sulfide) groups is 1. The van der Waals surface area contributed by atoms with Gasteiger partial charge < -0.3 is 9.47 Å². The molecule has 7 heteroatoms. The summed E-state index contributed by atoms with van der Waals surface area (Å²) in [4.78, 5) is 20.1. The Labute approximate surface area is 209 Å². The van der Waals surface area contributed by atoms with Gasteiger partial charge in [-0.15, -0.1) is 0 Å². The van der Waals surface area contributed by atoms with E-state index in [-0.39, 0.29) is 18.0 Å². The molecule has 1 amide bonds. The molecule has 1 fully saturated rings. The van der Waals surface area contributed by atoms with Crippen LogP contribution in [0.3, 0.4) is 0 Å². The van der Waals surface area contributed by atoms with Gasteiger partial charge >= 0.3 is 0 Å². The molecule has 5 nitrogen and oxygen atoms in total. The number of aliphatic imine (C=N–C) groups is 1. The van der Waals surface area contributed by atoms with Gasteiger partial charge in [0.1, 0.15) is 6.61 Å². The van der Waals surface area contributed by atoms with Crippen molar-refractivity contribution >= 4 is 44.8 Å². The Morgan fingerprint density at radius 2 is 1.76 bits per heavy atom. The Balaban J connectivity index is 1.90. The smallest absolute Gasteiger partial charge is 0.266 e. The molecule has 0 N–H and O–H groups in total. The van der Waals surface area contributed by atoms with Gasteiger partial charge in [-0.05, 0) is 82.6 Å². The maximum absolute atomic E-state index is 13.1. The molecule has 0 unspecified atom stereocenters. The molecule has 0 radical (unpaired) electrons. The van der Waals surface area contributed by atoms with Crippen LogP contribution in [0.15, 0.2) is 50.8 Å². The van der Waals surface area contributed by atoms with Crippen LogP contribution in [0.25, 0.3) is 6.08 Å². The highest BCUT2D eigenvalue weighted by molar-refractivity contribution is 9.10. The number of benzene rings is 2. The lowest BCUT2D eigenvalue weighted by molar-refractivity contribution is -0.123. The first-order valence-corrected chi connectivity index (χ1v) is 12.8. The van der Waals surface area contributed by atoms with Gasteiger partial charge in [0.25, 0.3) is 5.91 Å². The lowest BCUT2D eigenvalue weighted by Crippen LogP contribution is -2.35. The van der Waals surface area contributed by atoms with Crippen molar-refractivity contribution in [1.82, 2.24) is 4.90 Å². The number of carbonyl (C=O) groups is 1. The molecule has 0 bridgehead atoms. The summed E-state index contributed by atoms with van der Waals surface area (Å²) < 4.78 is 12.8. The Kier molecular flexibility index (Phi) is 8.65. The van der Waals surface area contributed by atoms with E-state index in [4.69, 9.17) is 9.47 Å². The maximum Gasteiger partial charge on any atom is 0.266 e. The molecule has 176 valence electrons. The Morgan fingerprint density at radius 1 is 1.09 bits per heavy atom. The molecule has 0 atom stereocenters. The predicted molar refractivity (Wildman–Crippen MR) is 141 cm³/mol. The topological polar surface area (TPSA) is 51.1 Å². The summed E-state index contributed by atoms with van der Waals surface area (Å²) in [6, 6.07) is 12.2. The minimum Gasteiger partial charge on any atom is -0.490 e. The number of carbonyl (C=O) groups excluding carboxylic acids is 1. The summed E-state index contributed by atoms with van der Waals surface area (Å²) in [6.07, 6.45) is 1.89. The highest BCUT2D eigenvalue weighted by Crippen LogP contribution is 2.39. The second-order valence-corrected chi connectivity index (χ2v) is 10.3. The van der Waals surface area contributed by atoms with Crippen LogP contribution in [-0.4, -0.2) is 34.7 Å². The van der Waals surface area contributed by atoms with Crippen molar-refractivity contribution in [3.05, 3.63) is 62.5 Å². The molecule has 3 rings (SSSR count). The van der Waals surface area contributed by atoms with Gasteiger partial charge in [0.2, 0.25) is 0 Å². The summed E-state index contributed by atoms with van der Waals surface area (Å²) in [5, 5.41) is 0.746. The Bertz CT molecular complexity index is 1060. The zero-order chi connectivity index (χ0) is 24.1. The Hall–Kier alpha value is -2.25. The molecule has 0 aliphatic carbocycles. The molecule has 1 saturated heterocycles. The third kappa shape index (κ3) is 6.42. The van der Waals surface area contributed by atoms with E-state index in [9.17, 15) is 4.79 Å². The van der Waals surface area contributed by atoms with Gasteiger partial charge in [0.15, 0.2) is 16.7 Å². The van der Waals surface area contributed by atoms with Crippen LogP contribution in [0, 0.1) is 6.92 Å². The number of hydrogen-bond acceptors (Lipinski definition) is 5. The van der Waals surface area contributed by atoms with Crippen LogP contribution < -0.4 is 9.47 Å². The van der Waals surface area contributed by atoms with Crippen molar-refractivity contribution < 1.29 is 14.3 Å². The van der Waals surface area contributed by atoms with E-state index < -0.39 is 0 Å². The molecular weight excluding hydrogens is 500 g/mol. The fourth-order valence-corrected chi connectivity index (χ4v) is 4.94. The number of amides is 1. The van der Waals surface area contributed by atoms with Crippen molar-refractivity contribution in [2.45, 2.75) is 60.2 Å². The van der Waals surface area contributed by atoms with Gasteiger partial charge in [-0.2, -0.15) is 0 Å². The highest BCUT2D eigenvalue weighted by Gasteiger charge is 2.35. The molecule has 0 saturated carbocycles. The molecule has 1 aliphatic rings. The van der Waals surface area contributed by atoms with Crippen LogP contribution in [0.4, 0.5) is 0 Å². The minimum absolute atomic E-state index is 0.0287. The minimum atomic E-state index is -0.0287. The lowest BCUT2D eigenvalue weighted by Gasteiger charge is -2.20. The first kappa shape index (κ1) is 25.4. The number of rotatable bonds is 8. The van der Waals surface area contributed by atoms with Crippen molar-refractivity contribution in [3.8, 4) is 11.5 Å². The third-order valence-electron chi connectivity index (χ3n) is 4.89. The second-order valence-electron chi connectivity index (χ2n) is 8.41. The zero-order valence-corrected chi connectivity index (χ0v) is 22.4. The van der Waals surface area contributed by atoms with Crippen LogP contribution in [0.2, 0.25) is 0 Å². The quantitative estimate of drug-likeness (QED) is 0.351. The fraction of sp³-hybridized carbons (Fsp3) is 0.385. The molecule has 33 heavy (non-hydrogen) atoms. The molecular formula is C26H31BrN2O3S. The van der Waals surface area contributed by atoms with Crippen LogP contribution >= 0.6 is 27.7 Å². The zero-order valence-electron chi connectivity index (χ0n) is 20.0. The van der Waals surface area contributed by atoms with Gasteiger partial charge in [-0.25, -0.2) is 0 Å². The number of amidine groups is 1. The van der Waals surface area contributed by atoms with E-state index in [1.807, 2.05) is 52.8 Å². The molecule has 0 aromatic heterocycles. The van der Waals surface area contributed by atoms with Gasteiger partial charge in [-0.3, -0.25) is 14.7 Å². The van der Waals surface area contributed by atoms with Crippen molar-refractivity contribution in [2.24, 2.45) is 4.99 Å². The van der Waals surface area contributed by atoms with Crippen LogP contribution in [0.1, 0.15) is 51.3 Å². The first-order valence-electron chi connectivity index (χ1n) is 11.1. The summed E-state index contributed by atoms with van der Waals surface area (Å²) in [6.45, 7) is 13.0. The van der Waals surface area contributed by atoms with Crippen molar-refractivity contribution in [1.29, 1.82) is 0 Å². The summed E-state index contributed by atoms with van der Waals surface area (Å²) in [5.74, 6) is 1.27. The molecule has 2 aromatic rings. The van der Waals surface area contributed by atoms with Crippen molar-refractivity contribution in [3.63, 3.8) is 0 Å². The summed E-state index contributed by atoms with van der Waals surface area (Å²) in [5.41, 5.74) is 3.15. The second kappa shape index (κ2) is 11.3. The number of aryl methyl sites for hydroxylation is 1. The number of ether oxygens (including phenoxy) is 2. The van der Waals surface area contributed by atoms with E-state index in [1.54, 1.807) is 4.90 Å². The lowest BCUT2D eigenvalue weighted by atomic mass is 10.1. The average Bonchev–Trinajstić information content (AvgIpc) is 3.04. The Morgan fingerprint density at radius 3 is 2.36 bits per heavy atom. The molecule has 1 aliphatic heterocycles. The molecule has 0 spiro atoms. The largest absolute Gasteiger partial charge is 0.490 e.